The standard InChI is InChI=1S/C18H23NO2/c1-3-15-7-5-9-18(11-15)21-13-17(20)12-19-16-8-4-6-14(2)10-16/h4-11,17,19-20H,3,12-13H2,1-2H3. The van der Waals surface area contributed by atoms with Crippen LogP contribution in [0.4, 0.5) is 5.69 Å². The third-order valence-corrected chi connectivity index (χ3v) is 3.31. The minimum atomic E-state index is -0.546. The van der Waals surface area contributed by atoms with Gasteiger partial charge in [0.15, 0.2) is 0 Å². The van der Waals surface area contributed by atoms with E-state index in [9.17, 15) is 5.11 Å². The molecule has 0 aliphatic rings. The Balaban J connectivity index is 1.78. The molecule has 2 aromatic carbocycles. The minimum absolute atomic E-state index is 0.284. The lowest BCUT2D eigenvalue weighted by molar-refractivity contribution is 0.117. The molecule has 0 spiro atoms. The fourth-order valence-corrected chi connectivity index (χ4v) is 2.10. The van der Waals surface area contributed by atoms with Crippen LogP contribution < -0.4 is 10.1 Å². The van der Waals surface area contributed by atoms with Crippen LogP contribution in [-0.2, 0) is 6.42 Å². The minimum Gasteiger partial charge on any atom is -0.491 e. The fraction of sp³-hybridized carbons (Fsp3) is 0.333. The lowest BCUT2D eigenvalue weighted by Crippen LogP contribution is -2.26. The molecule has 0 saturated carbocycles. The topological polar surface area (TPSA) is 41.5 Å². The molecule has 21 heavy (non-hydrogen) atoms. The van der Waals surface area contributed by atoms with E-state index in [0.717, 1.165) is 17.9 Å². The molecule has 1 atom stereocenters. The van der Waals surface area contributed by atoms with Crippen LogP contribution in [0.1, 0.15) is 18.1 Å². The van der Waals surface area contributed by atoms with Gasteiger partial charge < -0.3 is 15.2 Å². The Labute approximate surface area is 126 Å². The average molecular weight is 285 g/mol. The summed E-state index contributed by atoms with van der Waals surface area (Å²) in [5.41, 5.74) is 3.45. The smallest absolute Gasteiger partial charge is 0.119 e. The molecule has 112 valence electrons. The summed E-state index contributed by atoms with van der Waals surface area (Å²) < 4.78 is 5.63. The van der Waals surface area contributed by atoms with Gasteiger partial charge in [0.2, 0.25) is 0 Å². The first kappa shape index (κ1) is 15.4. The number of aliphatic hydroxyl groups is 1. The Morgan fingerprint density at radius 1 is 1.14 bits per heavy atom. The van der Waals surface area contributed by atoms with Gasteiger partial charge in [-0.15, -0.1) is 0 Å². The summed E-state index contributed by atoms with van der Waals surface area (Å²) in [5.74, 6) is 0.809. The van der Waals surface area contributed by atoms with E-state index in [4.69, 9.17) is 4.74 Å². The van der Waals surface area contributed by atoms with E-state index in [1.54, 1.807) is 0 Å². The Bertz CT molecular complexity index is 569. The molecule has 2 N–H and O–H groups in total. The molecule has 0 aliphatic heterocycles. The number of hydrogen-bond donors (Lipinski definition) is 2. The van der Waals surface area contributed by atoms with Crippen LogP contribution in [-0.4, -0.2) is 24.4 Å². The monoisotopic (exact) mass is 285 g/mol. The predicted octanol–water partition coefficient (Wildman–Crippen LogP) is 3.41. The van der Waals surface area contributed by atoms with Gasteiger partial charge in [0, 0.05) is 12.2 Å². The Morgan fingerprint density at radius 2 is 1.95 bits per heavy atom. The molecule has 0 aromatic heterocycles. The van der Waals surface area contributed by atoms with Crippen molar-refractivity contribution in [2.75, 3.05) is 18.5 Å². The SMILES string of the molecule is CCc1cccc(OCC(O)CNc2cccc(C)c2)c1. The second-order valence-corrected chi connectivity index (χ2v) is 5.22. The van der Waals surface area contributed by atoms with Crippen LogP contribution in [0.5, 0.6) is 5.75 Å². The van der Waals surface area contributed by atoms with Gasteiger partial charge in [0.1, 0.15) is 18.5 Å². The highest BCUT2D eigenvalue weighted by Gasteiger charge is 2.05. The third-order valence-electron chi connectivity index (χ3n) is 3.31. The van der Waals surface area contributed by atoms with Gasteiger partial charge in [-0.2, -0.15) is 0 Å². The summed E-state index contributed by atoms with van der Waals surface area (Å²) in [6, 6.07) is 16.1. The summed E-state index contributed by atoms with van der Waals surface area (Å²) in [7, 11) is 0. The van der Waals surface area contributed by atoms with Gasteiger partial charge in [-0.3, -0.25) is 0 Å². The van der Waals surface area contributed by atoms with Crippen molar-refractivity contribution in [3.8, 4) is 5.75 Å². The summed E-state index contributed by atoms with van der Waals surface area (Å²) >= 11 is 0. The molecule has 0 saturated heterocycles. The van der Waals surface area contributed by atoms with Crippen LogP contribution in [0.3, 0.4) is 0 Å². The summed E-state index contributed by atoms with van der Waals surface area (Å²) in [6.45, 7) is 4.91. The molecule has 1 unspecified atom stereocenters. The van der Waals surface area contributed by atoms with Crippen molar-refractivity contribution in [3.63, 3.8) is 0 Å². The van der Waals surface area contributed by atoms with Gasteiger partial charge in [-0.1, -0.05) is 31.2 Å². The van der Waals surface area contributed by atoms with Crippen molar-refractivity contribution in [1.82, 2.24) is 0 Å². The van der Waals surface area contributed by atoms with E-state index in [1.165, 1.54) is 11.1 Å². The van der Waals surface area contributed by atoms with Crippen molar-refractivity contribution >= 4 is 5.69 Å². The molecule has 0 heterocycles. The molecular weight excluding hydrogens is 262 g/mol. The van der Waals surface area contributed by atoms with Gasteiger partial charge in [0.25, 0.3) is 0 Å². The van der Waals surface area contributed by atoms with Gasteiger partial charge >= 0.3 is 0 Å². The fourth-order valence-electron chi connectivity index (χ4n) is 2.10. The first-order valence-electron chi connectivity index (χ1n) is 7.37. The zero-order valence-electron chi connectivity index (χ0n) is 12.7. The maximum atomic E-state index is 9.98. The van der Waals surface area contributed by atoms with Crippen molar-refractivity contribution in [1.29, 1.82) is 0 Å². The number of hydrogen-bond acceptors (Lipinski definition) is 3. The molecule has 0 amide bonds. The molecular formula is C18H23NO2. The third kappa shape index (κ3) is 5.12. The molecule has 0 fully saturated rings. The number of anilines is 1. The van der Waals surface area contributed by atoms with Crippen LogP contribution in [0, 0.1) is 6.92 Å². The largest absolute Gasteiger partial charge is 0.491 e. The number of ether oxygens (including phenoxy) is 1. The number of rotatable bonds is 7. The lowest BCUT2D eigenvalue weighted by atomic mass is 10.2. The van der Waals surface area contributed by atoms with Gasteiger partial charge in [0.05, 0.1) is 0 Å². The zero-order valence-corrected chi connectivity index (χ0v) is 12.7. The molecule has 0 radical (unpaired) electrons. The van der Waals surface area contributed by atoms with Crippen molar-refractivity contribution in [3.05, 3.63) is 59.7 Å². The highest BCUT2D eigenvalue weighted by atomic mass is 16.5. The molecule has 2 aromatic rings. The number of benzene rings is 2. The quantitative estimate of drug-likeness (QED) is 0.819. The summed E-state index contributed by atoms with van der Waals surface area (Å²) in [4.78, 5) is 0. The van der Waals surface area contributed by atoms with Crippen LogP contribution in [0.2, 0.25) is 0 Å². The van der Waals surface area contributed by atoms with Crippen molar-refractivity contribution < 1.29 is 9.84 Å². The van der Waals surface area contributed by atoms with Crippen LogP contribution >= 0.6 is 0 Å². The van der Waals surface area contributed by atoms with E-state index in [-0.39, 0.29) is 6.61 Å². The zero-order chi connectivity index (χ0) is 15.1. The Morgan fingerprint density at radius 3 is 2.71 bits per heavy atom. The first-order chi connectivity index (χ1) is 10.2. The molecule has 0 aliphatic carbocycles. The molecule has 2 rings (SSSR count). The predicted molar refractivity (Wildman–Crippen MR) is 87.0 cm³/mol. The maximum absolute atomic E-state index is 9.98. The van der Waals surface area contributed by atoms with E-state index in [1.807, 2.05) is 43.3 Å². The van der Waals surface area contributed by atoms with Crippen LogP contribution in [0.15, 0.2) is 48.5 Å². The van der Waals surface area contributed by atoms with Crippen LogP contribution in [0.25, 0.3) is 0 Å². The van der Waals surface area contributed by atoms with Gasteiger partial charge in [-0.25, -0.2) is 0 Å². The first-order valence-corrected chi connectivity index (χ1v) is 7.37. The number of aliphatic hydroxyl groups excluding tert-OH is 1. The van der Waals surface area contributed by atoms with E-state index in [2.05, 4.69) is 24.4 Å². The average Bonchev–Trinajstić information content (AvgIpc) is 2.51. The van der Waals surface area contributed by atoms with E-state index in [0.29, 0.717) is 6.54 Å². The van der Waals surface area contributed by atoms with E-state index >= 15 is 0 Å². The molecule has 3 heteroatoms. The highest BCUT2D eigenvalue weighted by molar-refractivity contribution is 5.45. The van der Waals surface area contributed by atoms with Gasteiger partial charge in [-0.05, 0) is 48.7 Å². The molecule has 0 bridgehead atoms. The Kier molecular flexibility index (Phi) is 5.64. The number of nitrogens with one attached hydrogen (secondary N) is 1. The number of aryl methyl sites for hydroxylation is 2. The Hall–Kier alpha value is -2.00. The highest BCUT2D eigenvalue weighted by Crippen LogP contribution is 2.14. The molecule has 3 nitrogen and oxygen atoms in total. The summed E-state index contributed by atoms with van der Waals surface area (Å²) in [6.07, 6.45) is 0.435. The van der Waals surface area contributed by atoms with Crippen molar-refractivity contribution in [2.24, 2.45) is 0 Å². The van der Waals surface area contributed by atoms with E-state index < -0.39 is 6.10 Å². The summed E-state index contributed by atoms with van der Waals surface area (Å²) in [5, 5.41) is 13.2. The lowest BCUT2D eigenvalue weighted by Gasteiger charge is -2.14. The maximum Gasteiger partial charge on any atom is 0.119 e. The second-order valence-electron chi connectivity index (χ2n) is 5.22. The normalized spacial score (nSPS) is 12.0. The van der Waals surface area contributed by atoms with Crippen molar-refractivity contribution in [2.45, 2.75) is 26.4 Å². The second kappa shape index (κ2) is 7.70.